The smallest absolute Gasteiger partial charge is 0.269 e. The molecule has 0 saturated heterocycles. The van der Waals surface area contributed by atoms with Crippen molar-refractivity contribution in [1.29, 1.82) is 0 Å². The van der Waals surface area contributed by atoms with Crippen molar-refractivity contribution in [2.45, 2.75) is 15.6 Å². The second-order valence-electron chi connectivity index (χ2n) is 3.72. The molecule has 1 N–H and O–H groups in total. The van der Waals surface area contributed by atoms with Gasteiger partial charge in [0.1, 0.15) is 6.10 Å². The van der Waals surface area contributed by atoms with Gasteiger partial charge < -0.3 is 5.11 Å². The molecule has 1 aromatic rings. The minimum atomic E-state index is -3.66. The number of nitro groups is 1. The lowest BCUT2D eigenvalue weighted by Crippen LogP contribution is -2.33. The molecule has 6 nitrogen and oxygen atoms in total. The first-order valence-corrected chi connectivity index (χ1v) is 8.40. The molecular formula is C10H11Br2NO5S. The highest BCUT2D eigenvalue weighted by Gasteiger charge is 2.45. The Morgan fingerprint density at radius 3 is 2.53 bits per heavy atom. The molecule has 0 aliphatic heterocycles. The zero-order valence-corrected chi connectivity index (χ0v) is 13.8. The molecule has 0 radical (unpaired) electrons. The van der Waals surface area contributed by atoms with Crippen LogP contribution in [0.3, 0.4) is 0 Å². The summed E-state index contributed by atoms with van der Waals surface area (Å²) in [6.07, 6.45) is -1.49. The van der Waals surface area contributed by atoms with Crippen molar-refractivity contribution in [3.63, 3.8) is 0 Å². The van der Waals surface area contributed by atoms with E-state index in [1.165, 1.54) is 25.1 Å². The zero-order valence-electron chi connectivity index (χ0n) is 9.79. The number of nitro benzene ring substituents is 1. The summed E-state index contributed by atoms with van der Waals surface area (Å²) in [4.78, 5) is 10.0. The monoisotopic (exact) mass is 415 g/mol. The molecule has 0 bridgehead atoms. The van der Waals surface area contributed by atoms with E-state index in [1.54, 1.807) is 0 Å². The first-order valence-electron chi connectivity index (χ1n) is 5.16. The van der Waals surface area contributed by atoms with Gasteiger partial charge in [0.05, 0.1) is 4.92 Å². The van der Waals surface area contributed by atoms with Crippen LogP contribution in [0.15, 0.2) is 24.3 Å². The molecule has 0 amide bonds. The van der Waals surface area contributed by atoms with Crippen LogP contribution < -0.4 is 0 Å². The number of alkyl halides is 2. The lowest BCUT2D eigenvalue weighted by Gasteiger charge is -2.26. The molecular weight excluding hydrogens is 406 g/mol. The first kappa shape index (κ1) is 16.5. The van der Waals surface area contributed by atoms with Crippen molar-refractivity contribution < 1.29 is 18.4 Å². The van der Waals surface area contributed by atoms with Crippen LogP contribution in [0, 0.1) is 10.1 Å². The average molecular weight is 417 g/mol. The number of aliphatic hydroxyl groups excluding tert-OH is 1. The van der Waals surface area contributed by atoms with E-state index in [-0.39, 0.29) is 17.0 Å². The summed E-state index contributed by atoms with van der Waals surface area (Å²) in [7, 11) is -3.66. The van der Waals surface area contributed by atoms with Crippen LogP contribution in [0.25, 0.3) is 0 Å². The largest absolute Gasteiger partial charge is 0.385 e. The fourth-order valence-corrected chi connectivity index (χ4v) is 4.13. The molecule has 1 rings (SSSR count). The van der Waals surface area contributed by atoms with Crippen molar-refractivity contribution in [2.75, 3.05) is 5.75 Å². The number of rotatable bonds is 5. The number of nitrogens with zero attached hydrogens (tertiary/aromatic N) is 1. The molecule has 0 aromatic heterocycles. The van der Waals surface area contributed by atoms with Gasteiger partial charge in [0.15, 0.2) is 9.84 Å². The van der Waals surface area contributed by atoms with E-state index in [9.17, 15) is 23.6 Å². The van der Waals surface area contributed by atoms with E-state index in [0.717, 1.165) is 6.07 Å². The Kier molecular flexibility index (Phi) is 5.10. The van der Waals surface area contributed by atoms with Crippen LogP contribution in [0.1, 0.15) is 18.6 Å². The molecule has 0 unspecified atom stereocenters. The fraction of sp³-hybridized carbons (Fsp3) is 0.400. The van der Waals surface area contributed by atoms with Crippen LogP contribution in [0.5, 0.6) is 0 Å². The van der Waals surface area contributed by atoms with Crippen molar-refractivity contribution in [3.8, 4) is 0 Å². The number of sulfone groups is 1. The molecule has 0 aliphatic carbocycles. The van der Waals surface area contributed by atoms with Crippen molar-refractivity contribution in [2.24, 2.45) is 0 Å². The highest BCUT2D eigenvalue weighted by molar-refractivity contribution is 9.28. The van der Waals surface area contributed by atoms with Crippen LogP contribution in [-0.2, 0) is 9.84 Å². The molecule has 0 aliphatic rings. The van der Waals surface area contributed by atoms with Crippen LogP contribution in [0.4, 0.5) is 5.69 Å². The highest BCUT2D eigenvalue weighted by Crippen LogP contribution is 2.45. The molecule has 1 aromatic carbocycles. The van der Waals surface area contributed by atoms with Crippen molar-refractivity contribution in [1.82, 2.24) is 0 Å². The van der Waals surface area contributed by atoms with E-state index in [0.29, 0.717) is 0 Å². The number of hydrogen-bond donors (Lipinski definition) is 1. The van der Waals surface area contributed by atoms with E-state index >= 15 is 0 Å². The number of aliphatic hydroxyl groups is 1. The van der Waals surface area contributed by atoms with Crippen LogP contribution >= 0.6 is 31.9 Å². The number of hydrogen-bond acceptors (Lipinski definition) is 5. The van der Waals surface area contributed by atoms with Crippen molar-refractivity contribution in [3.05, 3.63) is 39.9 Å². The third-order valence-corrected chi connectivity index (χ3v) is 8.15. The average Bonchev–Trinajstić information content (AvgIpc) is 2.37. The third kappa shape index (κ3) is 3.33. The summed E-state index contributed by atoms with van der Waals surface area (Å²) < 4.78 is 22.0. The Hall–Kier alpha value is -0.510. The first-order chi connectivity index (χ1) is 8.63. The van der Waals surface area contributed by atoms with E-state index in [1.807, 2.05) is 0 Å². The lowest BCUT2D eigenvalue weighted by molar-refractivity contribution is -0.385. The molecule has 9 heteroatoms. The summed E-state index contributed by atoms with van der Waals surface area (Å²) in [6.45, 7) is 1.44. The minimum absolute atomic E-state index is 0.125. The quantitative estimate of drug-likeness (QED) is 0.451. The second-order valence-corrected chi connectivity index (χ2v) is 10.8. The number of non-ortho nitro benzene ring substituents is 1. The van der Waals surface area contributed by atoms with Gasteiger partial charge in [0, 0.05) is 17.9 Å². The molecule has 0 saturated carbocycles. The summed E-state index contributed by atoms with van der Waals surface area (Å²) in [5.41, 5.74) is -0.0961. The Bertz CT molecular complexity index is 587. The number of halogens is 2. The van der Waals surface area contributed by atoms with E-state index in [4.69, 9.17) is 0 Å². The summed E-state index contributed by atoms with van der Waals surface area (Å²) in [5, 5.41) is 20.8. The van der Waals surface area contributed by atoms with Gasteiger partial charge in [0.2, 0.25) is 2.57 Å². The molecule has 106 valence electrons. The Labute approximate surface area is 127 Å². The zero-order chi connectivity index (χ0) is 14.8. The van der Waals surface area contributed by atoms with Gasteiger partial charge in [-0.05, 0) is 5.56 Å². The summed E-state index contributed by atoms with van der Waals surface area (Å²) in [6, 6.07) is 5.19. The van der Waals surface area contributed by atoms with E-state index < -0.39 is 23.4 Å². The van der Waals surface area contributed by atoms with Crippen LogP contribution in [-0.4, -0.2) is 26.8 Å². The Balaban J connectivity index is 3.24. The van der Waals surface area contributed by atoms with Gasteiger partial charge in [-0.2, -0.15) is 0 Å². The second kappa shape index (κ2) is 5.86. The number of benzene rings is 1. The maximum absolute atomic E-state index is 11.9. The Morgan fingerprint density at radius 1 is 1.47 bits per heavy atom. The Morgan fingerprint density at radius 2 is 2.05 bits per heavy atom. The van der Waals surface area contributed by atoms with E-state index in [2.05, 4.69) is 31.9 Å². The molecule has 0 heterocycles. The van der Waals surface area contributed by atoms with Gasteiger partial charge in [-0.3, -0.25) is 10.1 Å². The third-order valence-electron chi connectivity index (χ3n) is 2.51. The normalized spacial score (nSPS) is 14.1. The predicted octanol–water partition coefficient (Wildman–Crippen LogP) is 2.51. The fourth-order valence-electron chi connectivity index (χ4n) is 1.36. The van der Waals surface area contributed by atoms with Gasteiger partial charge in [-0.15, -0.1) is 0 Å². The standard InChI is InChI=1S/C10H11Br2NO5S/c1-2-19(17,18)10(11,12)9(14)7-4-3-5-8(6-7)13(15)16/h3-6,9,14H,2H2,1H3/t9-/m0/s1. The van der Waals surface area contributed by atoms with Gasteiger partial charge in [0.25, 0.3) is 5.69 Å². The minimum Gasteiger partial charge on any atom is -0.385 e. The summed E-state index contributed by atoms with van der Waals surface area (Å²) >= 11 is 5.87. The van der Waals surface area contributed by atoms with Crippen LogP contribution in [0.2, 0.25) is 0 Å². The molecule has 0 spiro atoms. The molecule has 0 fully saturated rings. The SMILES string of the molecule is CCS(=O)(=O)C(Br)(Br)[C@@H](O)c1cccc([N+](=O)[O-])c1. The van der Waals surface area contributed by atoms with Gasteiger partial charge in [-0.1, -0.05) is 50.9 Å². The summed E-state index contributed by atoms with van der Waals surface area (Å²) in [5.74, 6) is -0.199. The predicted molar refractivity (Wildman–Crippen MR) is 78.1 cm³/mol. The maximum Gasteiger partial charge on any atom is 0.269 e. The van der Waals surface area contributed by atoms with Crippen molar-refractivity contribution >= 4 is 47.4 Å². The highest BCUT2D eigenvalue weighted by atomic mass is 79.9. The molecule has 1 atom stereocenters. The lowest BCUT2D eigenvalue weighted by atomic mass is 10.1. The van der Waals surface area contributed by atoms with Gasteiger partial charge >= 0.3 is 0 Å². The molecule has 19 heavy (non-hydrogen) atoms. The maximum atomic E-state index is 11.9. The topological polar surface area (TPSA) is 97.5 Å². The van der Waals surface area contributed by atoms with Gasteiger partial charge in [-0.25, -0.2) is 8.42 Å².